The largest absolute Gasteiger partial charge is 1.00 e. The normalized spacial score (nSPS) is 15.9. The minimum atomic E-state index is -4.26. The first-order valence-corrected chi connectivity index (χ1v) is 38.0. The van der Waals surface area contributed by atoms with Crippen molar-refractivity contribution in [2.24, 2.45) is 0 Å². The second-order valence-corrected chi connectivity index (χ2v) is 28.8. The second-order valence-electron chi connectivity index (χ2n) is 21.8. The molecule has 29 heteroatoms. The smallest absolute Gasteiger partial charge is 1.00 e. The van der Waals surface area contributed by atoms with Crippen LogP contribution in [0.3, 0.4) is 0 Å². The van der Waals surface area contributed by atoms with Crippen LogP contribution in [-0.4, -0.2) is 134 Å². The summed E-state index contributed by atoms with van der Waals surface area (Å²) in [7, 11) is -22.9. The van der Waals surface area contributed by atoms with E-state index in [4.69, 9.17) is 29.8 Å². The van der Waals surface area contributed by atoms with E-state index in [1.165, 1.54) is 16.7 Å². The summed E-state index contributed by atoms with van der Waals surface area (Å²) in [6.07, 6.45) is 31.3. The molecule has 512 valence electrons. The van der Waals surface area contributed by atoms with Crippen LogP contribution < -0.4 is 115 Å². The third-order valence-corrected chi connectivity index (χ3v) is 18.1. The molecular weight excluding hydrogens is 1430 g/mol. The topological polar surface area (TPSA) is 334 Å². The summed E-state index contributed by atoms with van der Waals surface area (Å²) in [5, 5.41) is 0. The fourth-order valence-electron chi connectivity index (χ4n) is 10.4. The van der Waals surface area contributed by atoms with Gasteiger partial charge in [-0.15, -0.1) is 31.3 Å². The van der Waals surface area contributed by atoms with Gasteiger partial charge in [-0.1, -0.05) is 201 Å². The number of fused-ring (bicyclic) bond motifs is 2. The van der Waals surface area contributed by atoms with Gasteiger partial charge in [-0.3, -0.25) is 4.55 Å². The molecule has 2 aliphatic rings. The molecule has 0 amide bonds. The van der Waals surface area contributed by atoms with Crippen molar-refractivity contribution in [1.29, 1.82) is 0 Å². The van der Waals surface area contributed by atoms with E-state index in [0.29, 0.717) is 70.9 Å². The standard InChI is InChI=1S/C30H37NO6S2.C19H18.C18H27NO6S2.ClH.2K.2O3S/c1-30(22-12-14-24-38(32,33)34)27-19-10-11-20-28(27)31(23-13-15-25-39(35,36)37)29(30)21-9-4-2-3-6-16-26-17-7-5-8-18-26;1(2-6-12-18-14-8-4-9-15-18)3-7-13-19-16-10-5-11-17-19;1-15-18(2,11-5-7-13-26(20,21)22)16-9-3-4-10-17(16)19(15)12-6-8-14-27(23,24)25;;;;2*1-4(2)3/h2-11,17-21H,12-16,22-25H2,1H3,(H-,32,33,34,35,36,37);1-12,14-17H,13H2;4,9-10H,5-8,11-14H2,1-2H3,(H,20,21,22)(H,23,24,25);1H;;;;/q;;;;2*+1;;/p-3/b4-2+,6-3+,21-9+;2-1+,7-3+,12-6+;;;;;;. The van der Waals surface area contributed by atoms with Crippen LogP contribution in [-0.2, 0) is 85.4 Å². The number of hydrogen-bond acceptors (Lipinski definition) is 17. The Morgan fingerprint density at radius 1 is 0.469 bits per heavy atom. The SMILES string of the molecule is C(=C\C=C\c1ccccc1)/C=C/Cc1ccccc1.CC1(CCCCS(=O)(=O)O)C(/C=C/C=C/C=C/Cc2ccccc2)=[N+](CCCCS(=O)(=O)[O-])c2ccccc21.CC1=[N+](CCCCS(=O)(=O)[O-])c2cc[c-]cc2C1(C)CCCCS(=O)(=O)[O-].O=S(=O)=O.O=S(=O)=O.[Cl-].[K+].[K+]. The van der Waals surface area contributed by atoms with Gasteiger partial charge in [-0.2, -0.15) is 31.2 Å². The van der Waals surface area contributed by atoms with Crippen LogP contribution in [0.5, 0.6) is 0 Å². The Labute approximate surface area is 662 Å². The summed E-state index contributed by atoms with van der Waals surface area (Å²) >= 11 is 0. The van der Waals surface area contributed by atoms with Gasteiger partial charge in [0.15, 0.2) is 11.4 Å². The van der Waals surface area contributed by atoms with Crippen molar-refractivity contribution in [3.05, 3.63) is 234 Å². The molecule has 0 aromatic heterocycles. The maximum Gasteiger partial charge on any atom is 1.00 e. The maximum atomic E-state index is 11.2. The van der Waals surface area contributed by atoms with E-state index in [2.05, 4.69) is 132 Å². The van der Waals surface area contributed by atoms with E-state index in [1.54, 1.807) is 0 Å². The van der Waals surface area contributed by atoms with Gasteiger partial charge >= 0.3 is 124 Å². The van der Waals surface area contributed by atoms with Crippen molar-refractivity contribution in [2.45, 2.75) is 109 Å². The Kier molecular flexibility index (Phi) is 46.4. The third-order valence-electron chi connectivity index (χ3n) is 15.0. The molecule has 5 aromatic carbocycles. The average Bonchev–Trinajstić information content (AvgIpc) is 1.60. The number of nitrogens with zero attached hydrogens (tertiary/aromatic N) is 2. The Morgan fingerprint density at radius 3 is 1.32 bits per heavy atom. The molecule has 96 heavy (non-hydrogen) atoms. The van der Waals surface area contributed by atoms with Gasteiger partial charge in [0, 0.05) is 60.1 Å². The van der Waals surface area contributed by atoms with Crippen LogP contribution in [0.1, 0.15) is 113 Å². The fourth-order valence-corrected chi connectivity index (χ4v) is 12.7. The van der Waals surface area contributed by atoms with Crippen LogP contribution in [0.25, 0.3) is 6.08 Å². The van der Waals surface area contributed by atoms with Gasteiger partial charge in [-0.25, -0.2) is 29.8 Å². The zero-order chi connectivity index (χ0) is 69.0. The monoisotopic (exact) mass is 1510 g/mol. The van der Waals surface area contributed by atoms with E-state index in [-0.39, 0.29) is 144 Å². The number of rotatable bonds is 30. The Balaban J connectivity index is 0.00000138. The molecule has 0 spiro atoms. The first-order chi connectivity index (χ1) is 43.8. The van der Waals surface area contributed by atoms with E-state index in [1.807, 2.05) is 110 Å². The number of unbranched alkanes of at least 4 members (excludes halogenated alkanes) is 4. The van der Waals surface area contributed by atoms with Crippen LogP contribution in [0.4, 0.5) is 11.4 Å². The Bertz CT molecular complexity index is 4140. The van der Waals surface area contributed by atoms with Crippen molar-refractivity contribution >= 4 is 90.6 Å². The number of hydrogen-bond donors (Lipinski definition) is 1. The first kappa shape index (κ1) is 92.3. The molecule has 2 heterocycles. The van der Waals surface area contributed by atoms with Gasteiger partial charge in [0.1, 0.15) is 18.8 Å². The van der Waals surface area contributed by atoms with Crippen LogP contribution in [0.2, 0.25) is 0 Å². The molecule has 7 rings (SSSR count). The zero-order valence-corrected chi connectivity index (χ0v) is 66.4. The average molecular weight is 1510 g/mol. The molecular formula is C67H80ClK2N2O18S6-. The Morgan fingerprint density at radius 2 is 0.854 bits per heavy atom. The molecule has 1 N–H and O–H groups in total. The molecule has 2 unspecified atom stereocenters. The van der Waals surface area contributed by atoms with Crippen molar-refractivity contribution in [2.75, 3.05) is 36.1 Å². The quantitative estimate of drug-likeness (QED) is 0.0169. The van der Waals surface area contributed by atoms with Gasteiger partial charge in [0.2, 0.25) is 5.69 Å². The summed E-state index contributed by atoms with van der Waals surface area (Å²) in [6.45, 7) is 7.37. The van der Waals surface area contributed by atoms with Crippen molar-refractivity contribution in [3.8, 4) is 0 Å². The van der Waals surface area contributed by atoms with E-state index < -0.39 is 72.9 Å². The van der Waals surface area contributed by atoms with Crippen LogP contribution in [0, 0.1) is 6.07 Å². The summed E-state index contributed by atoms with van der Waals surface area (Å²) in [5.74, 6) is -1.39. The van der Waals surface area contributed by atoms with E-state index in [9.17, 15) is 47.3 Å². The number of halogens is 1. The van der Waals surface area contributed by atoms with E-state index >= 15 is 0 Å². The summed E-state index contributed by atoms with van der Waals surface area (Å²) in [5.41, 5.74) is 9.45. The van der Waals surface area contributed by atoms with Gasteiger partial charge in [0.25, 0.3) is 10.1 Å². The van der Waals surface area contributed by atoms with Crippen LogP contribution in [0.15, 0.2) is 200 Å². The zero-order valence-electron chi connectivity index (χ0n) is 54.5. The van der Waals surface area contributed by atoms with Gasteiger partial charge in [0.05, 0.1) is 41.5 Å². The maximum absolute atomic E-state index is 11.2. The second kappa shape index (κ2) is 48.2. The molecule has 2 atom stereocenters. The minimum Gasteiger partial charge on any atom is -1.00 e. The fraction of sp³-hybridized carbons (Fsp3) is 0.343. The van der Waals surface area contributed by atoms with Crippen molar-refractivity contribution in [3.63, 3.8) is 0 Å². The summed E-state index contributed by atoms with van der Waals surface area (Å²) in [4.78, 5) is 0. The minimum absolute atomic E-state index is 0. The molecule has 0 saturated carbocycles. The predicted molar refractivity (Wildman–Crippen MR) is 359 cm³/mol. The molecule has 0 saturated heterocycles. The van der Waals surface area contributed by atoms with Crippen LogP contribution >= 0.6 is 0 Å². The number of allylic oxidation sites excluding steroid dienone is 11. The first-order valence-electron chi connectivity index (χ1n) is 29.6. The molecule has 0 radical (unpaired) electrons. The van der Waals surface area contributed by atoms with E-state index in [0.717, 1.165) is 46.8 Å². The van der Waals surface area contributed by atoms with Gasteiger partial charge < -0.3 is 26.1 Å². The molecule has 0 aliphatic carbocycles. The third kappa shape index (κ3) is 38.8. The number of para-hydroxylation sites is 1. The van der Waals surface area contributed by atoms with Crippen molar-refractivity contribution < 1.29 is 201 Å². The Hall–Kier alpha value is -3.68. The molecule has 20 nitrogen and oxygen atoms in total. The van der Waals surface area contributed by atoms with Gasteiger partial charge in [-0.05, 0) is 75.0 Å². The van der Waals surface area contributed by atoms with Crippen molar-refractivity contribution in [1.82, 2.24) is 0 Å². The predicted octanol–water partition coefficient (Wildman–Crippen LogP) is 1.30. The molecule has 2 aliphatic heterocycles. The molecule has 0 bridgehead atoms. The number of benzene rings is 5. The molecule has 5 aromatic rings. The molecule has 0 fully saturated rings. The summed E-state index contributed by atoms with van der Waals surface area (Å²) < 4.78 is 184. The summed E-state index contributed by atoms with van der Waals surface area (Å²) in [6, 6.07) is 47.8.